The van der Waals surface area contributed by atoms with Gasteiger partial charge < -0.3 is 9.84 Å². The Morgan fingerprint density at radius 2 is 2.00 bits per heavy atom. The molecular weight excluding hydrogens is 252 g/mol. The second-order valence-electron chi connectivity index (χ2n) is 4.79. The molecule has 0 heterocycles. The van der Waals surface area contributed by atoms with Gasteiger partial charge in [0.25, 0.3) is 0 Å². The molecule has 1 rings (SSSR count). The summed E-state index contributed by atoms with van der Waals surface area (Å²) in [5.41, 5.74) is 1.85. The van der Waals surface area contributed by atoms with Crippen LogP contribution in [-0.2, 0) is 11.2 Å². The van der Waals surface area contributed by atoms with Crippen molar-refractivity contribution in [2.75, 3.05) is 7.11 Å². The highest BCUT2D eigenvalue weighted by Crippen LogP contribution is 2.35. The zero-order valence-corrected chi connectivity index (χ0v) is 11.9. The number of carbonyl (C=O) groups is 1. The highest BCUT2D eigenvalue weighted by Gasteiger charge is 2.17. The molecule has 0 aliphatic heterocycles. The third-order valence-electron chi connectivity index (χ3n) is 2.91. The van der Waals surface area contributed by atoms with Gasteiger partial charge in [-0.3, -0.25) is 4.79 Å². The van der Waals surface area contributed by atoms with Crippen LogP contribution in [0.15, 0.2) is 12.1 Å². The number of ether oxygens (including phenoxy) is 1. The van der Waals surface area contributed by atoms with E-state index in [0.29, 0.717) is 11.4 Å². The number of methoxy groups -OCH3 is 1. The monoisotopic (exact) mass is 270 g/mol. The van der Waals surface area contributed by atoms with Gasteiger partial charge in [-0.1, -0.05) is 32.4 Å². The molecule has 0 aliphatic rings. The first-order chi connectivity index (χ1) is 8.36. The van der Waals surface area contributed by atoms with Gasteiger partial charge in [-0.2, -0.15) is 0 Å². The molecule has 0 aromatic heterocycles. The number of rotatable bonds is 5. The van der Waals surface area contributed by atoms with Crippen LogP contribution in [0.2, 0.25) is 5.02 Å². The van der Waals surface area contributed by atoms with Crippen molar-refractivity contribution in [1.82, 2.24) is 0 Å². The maximum absolute atomic E-state index is 10.9. The molecule has 18 heavy (non-hydrogen) atoms. The summed E-state index contributed by atoms with van der Waals surface area (Å²) in [5.74, 6) is -0.253. The summed E-state index contributed by atoms with van der Waals surface area (Å²) in [7, 11) is 1.60. The Balaban J connectivity index is 3.11. The van der Waals surface area contributed by atoms with E-state index < -0.39 is 11.9 Å². The van der Waals surface area contributed by atoms with E-state index in [1.807, 2.05) is 26.0 Å². The summed E-state index contributed by atoms with van der Waals surface area (Å²) in [6, 6.07) is 3.71. The fourth-order valence-corrected chi connectivity index (χ4v) is 2.39. The lowest BCUT2D eigenvalue weighted by atomic mass is 9.96. The van der Waals surface area contributed by atoms with E-state index in [1.54, 1.807) is 14.0 Å². The molecule has 0 fully saturated rings. The predicted octanol–water partition coefficient (Wildman–Crippen LogP) is 3.74. The minimum atomic E-state index is -0.807. The van der Waals surface area contributed by atoms with Crippen molar-refractivity contribution >= 4 is 17.6 Å². The number of hydrogen-bond acceptors (Lipinski definition) is 2. The Hall–Kier alpha value is -1.22. The lowest BCUT2D eigenvalue weighted by Gasteiger charge is -2.16. The predicted molar refractivity (Wildman–Crippen MR) is 72.6 cm³/mol. The molecule has 1 N–H and O–H groups in total. The molecule has 4 heteroatoms. The quantitative estimate of drug-likeness (QED) is 0.887. The van der Waals surface area contributed by atoms with E-state index in [9.17, 15) is 4.79 Å². The van der Waals surface area contributed by atoms with Gasteiger partial charge in [-0.25, -0.2) is 0 Å². The molecule has 0 spiro atoms. The Labute approximate surface area is 113 Å². The molecule has 0 amide bonds. The summed E-state index contributed by atoms with van der Waals surface area (Å²) in [6.07, 6.45) is 0.448. The largest absolute Gasteiger partial charge is 0.496 e. The minimum Gasteiger partial charge on any atom is -0.496 e. The molecule has 1 aromatic rings. The van der Waals surface area contributed by atoms with Crippen molar-refractivity contribution in [3.63, 3.8) is 0 Å². The summed E-state index contributed by atoms with van der Waals surface area (Å²) < 4.78 is 5.34. The van der Waals surface area contributed by atoms with Crippen molar-refractivity contribution in [3.8, 4) is 5.75 Å². The first-order valence-corrected chi connectivity index (χ1v) is 6.33. The minimum absolute atomic E-state index is 0.262. The average molecular weight is 271 g/mol. The van der Waals surface area contributed by atoms with E-state index in [2.05, 4.69) is 0 Å². The van der Waals surface area contributed by atoms with Crippen LogP contribution < -0.4 is 4.74 Å². The molecule has 1 unspecified atom stereocenters. The SMILES string of the molecule is COc1cc(CC(C)C(=O)O)cc(Cl)c1C(C)C. The summed E-state index contributed by atoms with van der Waals surface area (Å²) >= 11 is 6.24. The fourth-order valence-electron chi connectivity index (χ4n) is 1.93. The van der Waals surface area contributed by atoms with Crippen LogP contribution in [0.1, 0.15) is 37.8 Å². The first-order valence-electron chi connectivity index (χ1n) is 5.95. The van der Waals surface area contributed by atoms with Crippen molar-refractivity contribution in [2.24, 2.45) is 5.92 Å². The Bertz CT molecular complexity index is 441. The smallest absolute Gasteiger partial charge is 0.306 e. The van der Waals surface area contributed by atoms with E-state index in [4.69, 9.17) is 21.4 Å². The summed E-state index contributed by atoms with van der Waals surface area (Å²) in [4.78, 5) is 10.9. The summed E-state index contributed by atoms with van der Waals surface area (Å²) in [5, 5.41) is 9.55. The number of carboxylic acid groups (broad SMARTS) is 1. The topological polar surface area (TPSA) is 46.5 Å². The van der Waals surface area contributed by atoms with E-state index in [-0.39, 0.29) is 5.92 Å². The van der Waals surface area contributed by atoms with E-state index in [0.717, 1.165) is 16.9 Å². The molecule has 0 aliphatic carbocycles. The van der Waals surface area contributed by atoms with Crippen LogP contribution in [0.4, 0.5) is 0 Å². The molecule has 100 valence electrons. The van der Waals surface area contributed by atoms with Gasteiger partial charge in [0.05, 0.1) is 13.0 Å². The molecule has 3 nitrogen and oxygen atoms in total. The summed E-state index contributed by atoms with van der Waals surface area (Å²) in [6.45, 7) is 5.77. The Morgan fingerprint density at radius 3 is 2.44 bits per heavy atom. The zero-order valence-electron chi connectivity index (χ0n) is 11.2. The van der Waals surface area contributed by atoms with Crippen molar-refractivity contribution in [1.29, 1.82) is 0 Å². The number of hydrogen-bond donors (Lipinski definition) is 1. The molecule has 0 radical (unpaired) electrons. The standard InChI is InChI=1S/C14H19ClO3/c1-8(2)13-11(15)6-10(7-12(13)18-4)5-9(3)14(16)17/h6-9H,5H2,1-4H3,(H,16,17). The van der Waals surface area contributed by atoms with Crippen LogP contribution in [0, 0.1) is 5.92 Å². The molecule has 1 aromatic carbocycles. The molecule has 1 atom stereocenters. The van der Waals surface area contributed by atoms with Gasteiger partial charge in [0.2, 0.25) is 0 Å². The lowest BCUT2D eigenvalue weighted by molar-refractivity contribution is -0.141. The molecule has 0 saturated carbocycles. The number of carboxylic acids is 1. The number of benzene rings is 1. The number of halogens is 1. The van der Waals surface area contributed by atoms with Crippen LogP contribution >= 0.6 is 11.6 Å². The third-order valence-corrected chi connectivity index (χ3v) is 3.22. The Kier molecular flexibility index (Phi) is 5.03. The molecule has 0 bridgehead atoms. The Morgan fingerprint density at radius 1 is 1.39 bits per heavy atom. The maximum atomic E-state index is 10.9. The van der Waals surface area contributed by atoms with Crippen molar-refractivity contribution in [3.05, 3.63) is 28.3 Å². The first kappa shape index (κ1) is 14.8. The zero-order chi connectivity index (χ0) is 13.9. The van der Waals surface area contributed by atoms with Gasteiger partial charge in [0, 0.05) is 10.6 Å². The highest BCUT2D eigenvalue weighted by molar-refractivity contribution is 6.31. The second-order valence-corrected chi connectivity index (χ2v) is 5.20. The molecular formula is C14H19ClO3. The second kappa shape index (κ2) is 6.10. The fraction of sp³-hybridized carbons (Fsp3) is 0.500. The van der Waals surface area contributed by atoms with Gasteiger partial charge in [-0.15, -0.1) is 0 Å². The van der Waals surface area contributed by atoms with Gasteiger partial charge in [0.1, 0.15) is 5.75 Å². The van der Waals surface area contributed by atoms with E-state index >= 15 is 0 Å². The number of aliphatic carboxylic acids is 1. The van der Waals surface area contributed by atoms with Crippen molar-refractivity contribution in [2.45, 2.75) is 33.1 Å². The van der Waals surface area contributed by atoms with Crippen LogP contribution in [-0.4, -0.2) is 18.2 Å². The third kappa shape index (κ3) is 3.39. The lowest BCUT2D eigenvalue weighted by Crippen LogP contribution is -2.12. The van der Waals surface area contributed by atoms with Gasteiger partial charge >= 0.3 is 5.97 Å². The van der Waals surface area contributed by atoms with Crippen molar-refractivity contribution < 1.29 is 14.6 Å². The van der Waals surface area contributed by atoms with Crippen LogP contribution in [0.3, 0.4) is 0 Å². The maximum Gasteiger partial charge on any atom is 0.306 e. The average Bonchev–Trinajstić information content (AvgIpc) is 2.27. The van der Waals surface area contributed by atoms with Gasteiger partial charge in [-0.05, 0) is 30.0 Å². The van der Waals surface area contributed by atoms with Crippen LogP contribution in [0.25, 0.3) is 0 Å². The highest BCUT2D eigenvalue weighted by atomic mass is 35.5. The van der Waals surface area contributed by atoms with Gasteiger partial charge in [0.15, 0.2) is 0 Å². The van der Waals surface area contributed by atoms with Crippen LogP contribution in [0.5, 0.6) is 5.75 Å². The normalized spacial score (nSPS) is 12.6. The van der Waals surface area contributed by atoms with E-state index in [1.165, 1.54) is 0 Å². The molecule has 0 saturated heterocycles.